The molecule has 4 atom stereocenters. The lowest BCUT2D eigenvalue weighted by Gasteiger charge is -2.51. The largest absolute Gasteiger partial charge is 0.469 e. The van der Waals surface area contributed by atoms with E-state index in [1.807, 2.05) is 32.6 Å². The zero-order valence-electron chi connectivity index (χ0n) is 19.3. The molecule has 0 N–H and O–H groups in total. The average molecular weight is 426 g/mol. The van der Waals surface area contributed by atoms with Crippen molar-refractivity contribution < 1.29 is 28.6 Å². The van der Waals surface area contributed by atoms with E-state index < -0.39 is 5.60 Å². The molecule has 1 aliphatic carbocycles. The summed E-state index contributed by atoms with van der Waals surface area (Å²) in [7, 11) is 1.38. The Morgan fingerprint density at radius 2 is 1.77 bits per heavy atom. The minimum Gasteiger partial charge on any atom is -0.469 e. The highest BCUT2D eigenvalue weighted by atomic mass is 16.6. The topological polar surface area (TPSA) is 82.1 Å². The van der Waals surface area contributed by atoms with Crippen molar-refractivity contribution in [3.63, 3.8) is 0 Å². The van der Waals surface area contributed by atoms with Gasteiger partial charge in [0.05, 0.1) is 20.1 Å². The lowest BCUT2D eigenvalue weighted by Crippen LogP contribution is -2.58. The van der Waals surface area contributed by atoms with Crippen molar-refractivity contribution in [1.82, 2.24) is 4.90 Å². The molecule has 0 aromatic rings. The van der Waals surface area contributed by atoms with Gasteiger partial charge in [0.1, 0.15) is 5.60 Å². The van der Waals surface area contributed by atoms with Crippen molar-refractivity contribution >= 4 is 18.0 Å². The van der Waals surface area contributed by atoms with E-state index in [1.54, 1.807) is 0 Å². The molecule has 172 valence electrons. The lowest BCUT2D eigenvalue weighted by atomic mass is 9.68. The summed E-state index contributed by atoms with van der Waals surface area (Å²) in [6.45, 7) is 7.82. The van der Waals surface area contributed by atoms with E-state index in [0.717, 1.165) is 44.9 Å². The van der Waals surface area contributed by atoms with Crippen molar-refractivity contribution in [3.8, 4) is 0 Å². The molecular formula is C23H39NO6. The molecule has 1 heterocycles. The molecule has 1 saturated carbocycles. The van der Waals surface area contributed by atoms with Crippen molar-refractivity contribution in [1.29, 1.82) is 0 Å². The first kappa shape index (κ1) is 24.5. The summed E-state index contributed by atoms with van der Waals surface area (Å²) in [6.07, 6.45) is 6.92. The summed E-state index contributed by atoms with van der Waals surface area (Å²) in [4.78, 5) is 38.6. The summed E-state index contributed by atoms with van der Waals surface area (Å²) in [5.41, 5.74) is -0.590. The number of likely N-dealkylation sites (tertiary alicyclic amines) is 1. The SMILES string of the molecule is CCOC(=O)CCC[C@H]1CCC[C@H]2[C@@H]1CC[C@H](CC(=O)OC)N2C(=O)OC(C)(C)C. The zero-order chi connectivity index (χ0) is 22.3. The van der Waals surface area contributed by atoms with Crippen LogP contribution in [0.3, 0.4) is 0 Å². The first-order valence-corrected chi connectivity index (χ1v) is 11.4. The maximum atomic E-state index is 13.1. The predicted octanol–water partition coefficient (Wildman–Crippen LogP) is 4.47. The van der Waals surface area contributed by atoms with Crippen molar-refractivity contribution in [2.45, 2.75) is 103 Å². The fraction of sp³-hybridized carbons (Fsp3) is 0.870. The second-order valence-electron chi connectivity index (χ2n) is 9.52. The first-order valence-electron chi connectivity index (χ1n) is 11.4. The lowest BCUT2D eigenvalue weighted by molar-refractivity contribution is -0.143. The summed E-state index contributed by atoms with van der Waals surface area (Å²) in [5, 5.41) is 0. The van der Waals surface area contributed by atoms with Gasteiger partial charge >= 0.3 is 18.0 Å². The Hall–Kier alpha value is -1.79. The number of fused-ring (bicyclic) bond motifs is 1. The standard InChI is InChI=1S/C23H39NO6/c1-6-29-20(25)12-8-10-16-9-7-11-19-18(16)14-13-17(15-21(26)28-5)24(19)22(27)30-23(2,3)4/h16-19H,6-15H2,1-5H3/t16-,17-,18-,19+/m1/s1. The summed E-state index contributed by atoms with van der Waals surface area (Å²) in [6, 6.07) is -0.114. The van der Waals surface area contributed by atoms with Gasteiger partial charge in [-0.1, -0.05) is 12.8 Å². The molecule has 7 heteroatoms. The van der Waals surface area contributed by atoms with E-state index >= 15 is 0 Å². The molecule has 2 aliphatic rings. The molecule has 1 aliphatic heterocycles. The molecule has 0 radical (unpaired) electrons. The number of hydrogen-bond donors (Lipinski definition) is 0. The Kier molecular flexibility index (Phi) is 8.98. The van der Waals surface area contributed by atoms with Gasteiger partial charge in [-0.3, -0.25) is 9.59 Å². The number of piperidine rings is 1. The van der Waals surface area contributed by atoms with Crippen LogP contribution < -0.4 is 0 Å². The van der Waals surface area contributed by atoms with Gasteiger partial charge in [-0.05, 0) is 71.6 Å². The van der Waals surface area contributed by atoms with Gasteiger partial charge < -0.3 is 19.1 Å². The Morgan fingerprint density at radius 3 is 2.40 bits per heavy atom. The van der Waals surface area contributed by atoms with Crippen molar-refractivity contribution in [3.05, 3.63) is 0 Å². The van der Waals surface area contributed by atoms with Gasteiger partial charge in [0.2, 0.25) is 0 Å². The van der Waals surface area contributed by atoms with Gasteiger partial charge in [0.25, 0.3) is 0 Å². The van der Waals surface area contributed by atoms with Crippen LogP contribution in [0.15, 0.2) is 0 Å². The second kappa shape index (κ2) is 11.0. The molecule has 1 amide bonds. The minimum atomic E-state index is -0.590. The molecule has 2 rings (SSSR count). The van der Waals surface area contributed by atoms with Crippen molar-refractivity contribution in [2.24, 2.45) is 11.8 Å². The molecule has 1 saturated heterocycles. The average Bonchev–Trinajstić information content (AvgIpc) is 2.66. The smallest absolute Gasteiger partial charge is 0.410 e. The van der Waals surface area contributed by atoms with Gasteiger partial charge in [-0.25, -0.2) is 4.79 Å². The second-order valence-corrected chi connectivity index (χ2v) is 9.52. The number of rotatable bonds is 7. The number of methoxy groups -OCH3 is 1. The fourth-order valence-corrected chi connectivity index (χ4v) is 5.08. The molecular weight excluding hydrogens is 386 g/mol. The monoisotopic (exact) mass is 425 g/mol. The van der Waals surface area contributed by atoms with Gasteiger partial charge in [0, 0.05) is 18.5 Å². The van der Waals surface area contributed by atoms with Crippen LogP contribution in [0, 0.1) is 11.8 Å². The fourth-order valence-electron chi connectivity index (χ4n) is 5.08. The van der Waals surface area contributed by atoms with Crippen LogP contribution >= 0.6 is 0 Å². The van der Waals surface area contributed by atoms with E-state index in [2.05, 4.69) is 0 Å². The first-order chi connectivity index (χ1) is 14.2. The van der Waals surface area contributed by atoms with Crippen LogP contribution in [0.1, 0.15) is 85.5 Å². The number of carbonyl (C=O) groups excluding carboxylic acids is 3. The van der Waals surface area contributed by atoms with Gasteiger partial charge in [-0.15, -0.1) is 0 Å². The van der Waals surface area contributed by atoms with Crippen molar-refractivity contribution in [2.75, 3.05) is 13.7 Å². The highest BCUT2D eigenvalue weighted by Crippen LogP contribution is 2.44. The van der Waals surface area contributed by atoms with E-state index in [1.165, 1.54) is 7.11 Å². The third-order valence-electron chi connectivity index (χ3n) is 6.25. The Labute approximate surface area is 180 Å². The molecule has 0 aromatic heterocycles. The molecule has 0 bridgehead atoms. The zero-order valence-corrected chi connectivity index (χ0v) is 19.3. The number of hydrogen-bond acceptors (Lipinski definition) is 6. The van der Waals surface area contributed by atoms with Crippen LogP contribution in [0.25, 0.3) is 0 Å². The maximum Gasteiger partial charge on any atom is 0.410 e. The number of esters is 2. The highest BCUT2D eigenvalue weighted by molar-refractivity contribution is 5.73. The minimum absolute atomic E-state index is 0.0737. The van der Waals surface area contributed by atoms with Gasteiger partial charge in [-0.2, -0.15) is 0 Å². The van der Waals surface area contributed by atoms with E-state index in [4.69, 9.17) is 14.2 Å². The number of nitrogens with zero attached hydrogens (tertiary/aromatic N) is 1. The number of ether oxygens (including phenoxy) is 3. The molecule has 30 heavy (non-hydrogen) atoms. The van der Waals surface area contributed by atoms with Crippen LogP contribution in [-0.2, 0) is 23.8 Å². The predicted molar refractivity (Wildman–Crippen MR) is 113 cm³/mol. The summed E-state index contributed by atoms with van der Waals surface area (Å²) >= 11 is 0. The van der Waals surface area contributed by atoms with Crippen LogP contribution in [-0.4, -0.2) is 54.3 Å². The highest BCUT2D eigenvalue weighted by Gasteiger charge is 2.46. The summed E-state index contributed by atoms with van der Waals surface area (Å²) in [5.74, 6) is 0.417. The molecule has 0 aromatic carbocycles. The van der Waals surface area contributed by atoms with E-state index in [0.29, 0.717) is 24.9 Å². The number of carbonyl (C=O) groups is 3. The number of amides is 1. The van der Waals surface area contributed by atoms with E-state index in [9.17, 15) is 14.4 Å². The molecule has 7 nitrogen and oxygen atoms in total. The molecule has 0 spiro atoms. The third kappa shape index (κ3) is 6.88. The quantitative estimate of drug-likeness (QED) is 0.442. The van der Waals surface area contributed by atoms with Crippen LogP contribution in [0.4, 0.5) is 4.79 Å². The van der Waals surface area contributed by atoms with Crippen LogP contribution in [0.2, 0.25) is 0 Å². The normalized spacial score (nSPS) is 26.5. The molecule has 0 unspecified atom stereocenters. The Bertz CT molecular complexity index is 599. The Morgan fingerprint density at radius 1 is 1.03 bits per heavy atom. The third-order valence-corrected chi connectivity index (χ3v) is 6.25. The Balaban J connectivity index is 2.11. The molecule has 2 fully saturated rings. The van der Waals surface area contributed by atoms with Crippen LogP contribution in [0.5, 0.6) is 0 Å². The van der Waals surface area contributed by atoms with Gasteiger partial charge in [0.15, 0.2) is 0 Å². The maximum absolute atomic E-state index is 13.1. The summed E-state index contributed by atoms with van der Waals surface area (Å²) < 4.78 is 15.6. The van der Waals surface area contributed by atoms with E-state index in [-0.39, 0.29) is 36.5 Å².